The zero-order chi connectivity index (χ0) is 25.5. The van der Waals surface area contributed by atoms with Gasteiger partial charge in [-0.3, -0.25) is 0 Å². The third-order valence-electron chi connectivity index (χ3n) is 6.93. The smallest absolute Gasteiger partial charge is 0.146 e. The second kappa shape index (κ2) is 9.13. The minimum absolute atomic E-state index is 0.277. The molecule has 0 bridgehead atoms. The van der Waals surface area contributed by atoms with Crippen LogP contribution in [0.25, 0.3) is 66.7 Å². The Hall–Kier alpha value is -5.02. The standard InChI is InChI=1S/C35H22FNO/c36-28-18-16-26(17-19-28)33-31-22-32(25-14-8-3-9-15-25)38-35(31)30-21-27(23-10-4-1-5-11-23)20-29(34(30)37-33)24-12-6-2-7-13-24/h1-22H. The Morgan fingerprint density at radius 1 is 0.500 bits per heavy atom. The molecule has 0 aliphatic carbocycles. The molecule has 0 spiro atoms. The molecule has 2 nitrogen and oxygen atoms in total. The average Bonchev–Trinajstić information content (AvgIpc) is 3.44. The maximum atomic E-state index is 13.8. The lowest BCUT2D eigenvalue weighted by Crippen LogP contribution is -1.92. The summed E-state index contributed by atoms with van der Waals surface area (Å²) in [7, 11) is 0. The molecular weight excluding hydrogens is 469 g/mol. The highest BCUT2D eigenvalue weighted by molar-refractivity contribution is 6.14. The van der Waals surface area contributed by atoms with Crippen molar-refractivity contribution in [1.82, 2.24) is 4.98 Å². The summed E-state index contributed by atoms with van der Waals surface area (Å²) in [4.78, 5) is 5.24. The third kappa shape index (κ3) is 3.86. The van der Waals surface area contributed by atoms with E-state index in [2.05, 4.69) is 36.4 Å². The monoisotopic (exact) mass is 491 g/mol. The van der Waals surface area contributed by atoms with E-state index in [9.17, 15) is 4.39 Å². The number of hydrogen-bond acceptors (Lipinski definition) is 2. The van der Waals surface area contributed by atoms with E-state index in [-0.39, 0.29) is 5.82 Å². The fraction of sp³-hybridized carbons (Fsp3) is 0. The predicted molar refractivity (Wildman–Crippen MR) is 153 cm³/mol. The van der Waals surface area contributed by atoms with Gasteiger partial charge in [0.15, 0.2) is 0 Å². The van der Waals surface area contributed by atoms with Crippen LogP contribution in [0.4, 0.5) is 4.39 Å². The highest BCUT2D eigenvalue weighted by Crippen LogP contribution is 2.42. The summed E-state index contributed by atoms with van der Waals surface area (Å²) in [5, 5.41) is 1.83. The van der Waals surface area contributed by atoms with Crippen molar-refractivity contribution in [2.75, 3.05) is 0 Å². The third-order valence-corrected chi connectivity index (χ3v) is 6.93. The lowest BCUT2D eigenvalue weighted by atomic mass is 9.94. The van der Waals surface area contributed by atoms with Crippen LogP contribution in [0.3, 0.4) is 0 Å². The van der Waals surface area contributed by atoms with E-state index in [0.29, 0.717) is 0 Å². The Morgan fingerprint density at radius 3 is 1.76 bits per heavy atom. The van der Waals surface area contributed by atoms with E-state index in [4.69, 9.17) is 9.40 Å². The molecule has 0 unspecified atom stereocenters. The molecule has 3 heteroatoms. The van der Waals surface area contributed by atoms with Gasteiger partial charge in [0.25, 0.3) is 0 Å². The van der Waals surface area contributed by atoms with Crippen molar-refractivity contribution in [3.05, 3.63) is 139 Å². The maximum Gasteiger partial charge on any atom is 0.146 e. The quantitative estimate of drug-likeness (QED) is 0.245. The Kier molecular flexibility index (Phi) is 5.33. The van der Waals surface area contributed by atoms with Crippen LogP contribution < -0.4 is 0 Å². The number of aromatic nitrogens is 1. The molecule has 0 aliphatic rings. The second-order valence-corrected chi connectivity index (χ2v) is 9.34. The number of halogens is 1. The molecular formula is C35H22FNO. The number of pyridine rings is 1. The Bertz CT molecular complexity index is 1890. The summed E-state index contributed by atoms with van der Waals surface area (Å²) in [6.07, 6.45) is 0. The molecule has 0 radical (unpaired) electrons. The van der Waals surface area contributed by atoms with Gasteiger partial charge in [-0.1, -0.05) is 91.0 Å². The van der Waals surface area contributed by atoms with Crippen molar-refractivity contribution in [3.8, 4) is 44.8 Å². The number of nitrogens with zero attached hydrogens (tertiary/aromatic N) is 1. The van der Waals surface area contributed by atoms with Crippen LogP contribution in [0.1, 0.15) is 0 Å². The zero-order valence-corrected chi connectivity index (χ0v) is 20.4. The van der Waals surface area contributed by atoms with Crippen LogP contribution >= 0.6 is 0 Å². The molecule has 0 saturated carbocycles. The molecule has 0 atom stereocenters. The molecule has 7 aromatic rings. The van der Waals surface area contributed by atoms with Gasteiger partial charge < -0.3 is 4.42 Å². The Labute approximate surface area is 219 Å². The van der Waals surface area contributed by atoms with Crippen LogP contribution in [0.15, 0.2) is 138 Å². The molecule has 180 valence electrons. The molecule has 5 aromatic carbocycles. The van der Waals surface area contributed by atoms with Crippen molar-refractivity contribution in [2.24, 2.45) is 0 Å². The van der Waals surface area contributed by atoms with Gasteiger partial charge in [0.05, 0.1) is 11.2 Å². The molecule has 0 amide bonds. The lowest BCUT2D eigenvalue weighted by molar-refractivity contribution is 0.628. The summed E-state index contributed by atoms with van der Waals surface area (Å²) in [6, 6.07) is 43.6. The highest BCUT2D eigenvalue weighted by Gasteiger charge is 2.20. The van der Waals surface area contributed by atoms with Gasteiger partial charge in [-0.25, -0.2) is 9.37 Å². The fourth-order valence-electron chi connectivity index (χ4n) is 5.07. The number of hydrogen-bond donors (Lipinski definition) is 0. The first-order valence-electron chi connectivity index (χ1n) is 12.6. The minimum atomic E-state index is -0.277. The summed E-state index contributed by atoms with van der Waals surface area (Å²) in [5.41, 5.74) is 8.51. The van der Waals surface area contributed by atoms with Crippen molar-refractivity contribution in [2.45, 2.75) is 0 Å². The van der Waals surface area contributed by atoms with Gasteiger partial charge in [0.2, 0.25) is 0 Å². The normalized spacial score (nSPS) is 11.3. The summed E-state index contributed by atoms with van der Waals surface area (Å²) in [5.74, 6) is 0.491. The summed E-state index contributed by atoms with van der Waals surface area (Å²) < 4.78 is 20.5. The van der Waals surface area contributed by atoms with Gasteiger partial charge in [0, 0.05) is 27.5 Å². The molecule has 0 fully saturated rings. The number of rotatable bonds is 4. The Balaban J connectivity index is 1.61. The van der Waals surface area contributed by atoms with Crippen molar-refractivity contribution in [1.29, 1.82) is 0 Å². The van der Waals surface area contributed by atoms with Gasteiger partial charge in [-0.15, -0.1) is 0 Å². The van der Waals surface area contributed by atoms with Gasteiger partial charge >= 0.3 is 0 Å². The van der Waals surface area contributed by atoms with Crippen LogP contribution in [0, 0.1) is 5.82 Å². The average molecular weight is 492 g/mol. The van der Waals surface area contributed by atoms with Crippen LogP contribution in [0.2, 0.25) is 0 Å². The Morgan fingerprint density at radius 2 is 1.11 bits per heavy atom. The number of furan rings is 1. The molecule has 7 rings (SSSR count). The largest absolute Gasteiger partial charge is 0.455 e. The molecule has 38 heavy (non-hydrogen) atoms. The first-order chi connectivity index (χ1) is 18.7. The first-order valence-corrected chi connectivity index (χ1v) is 12.6. The lowest BCUT2D eigenvalue weighted by Gasteiger charge is -2.13. The van der Waals surface area contributed by atoms with E-state index < -0.39 is 0 Å². The van der Waals surface area contributed by atoms with Crippen molar-refractivity contribution in [3.63, 3.8) is 0 Å². The number of fused-ring (bicyclic) bond motifs is 3. The van der Waals surface area contributed by atoms with E-state index in [1.54, 1.807) is 12.1 Å². The van der Waals surface area contributed by atoms with Crippen LogP contribution in [-0.2, 0) is 0 Å². The maximum absolute atomic E-state index is 13.8. The molecule has 2 aromatic heterocycles. The van der Waals surface area contributed by atoms with Gasteiger partial charge in [0.1, 0.15) is 17.2 Å². The minimum Gasteiger partial charge on any atom is -0.455 e. The molecule has 0 N–H and O–H groups in total. The predicted octanol–water partition coefficient (Wildman–Crippen LogP) is 9.79. The van der Waals surface area contributed by atoms with Crippen LogP contribution in [-0.4, -0.2) is 4.98 Å². The second-order valence-electron chi connectivity index (χ2n) is 9.34. The zero-order valence-electron chi connectivity index (χ0n) is 20.4. The van der Waals surface area contributed by atoms with Gasteiger partial charge in [-0.05, 0) is 59.2 Å². The van der Waals surface area contributed by atoms with E-state index in [1.807, 2.05) is 72.8 Å². The van der Waals surface area contributed by atoms with E-state index >= 15 is 0 Å². The fourth-order valence-corrected chi connectivity index (χ4v) is 5.07. The first kappa shape index (κ1) is 22.2. The van der Waals surface area contributed by atoms with E-state index in [1.165, 1.54) is 12.1 Å². The van der Waals surface area contributed by atoms with E-state index in [0.717, 1.165) is 66.7 Å². The molecule has 0 saturated heterocycles. The molecule has 2 heterocycles. The SMILES string of the molecule is Fc1ccc(-c2nc3c(-c4ccccc4)cc(-c4ccccc4)cc3c3oc(-c4ccccc4)cc23)cc1. The summed E-state index contributed by atoms with van der Waals surface area (Å²) in [6.45, 7) is 0. The molecule has 0 aliphatic heterocycles. The topological polar surface area (TPSA) is 26.0 Å². The van der Waals surface area contributed by atoms with Gasteiger partial charge in [-0.2, -0.15) is 0 Å². The van der Waals surface area contributed by atoms with Crippen molar-refractivity contribution < 1.29 is 8.81 Å². The van der Waals surface area contributed by atoms with Crippen LogP contribution in [0.5, 0.6) is 0 Å². The van der Waals surface area contributed by atoms with Crippen molar-refractivity contribution >= 4 is 21.9 Å². The summed E-state index contributed by atoms with van der Waals surface area (Å²) >= 11 is 0. The highest BCUT2D eigenvalue weighted by atomic mass is 19.1. The number of benzene rings is 5.